The number of rotatable bonds is 1. The summed E-state index contributed by atoms with van der Waals surface area (Å²) in [6.45, 7) is 0. The lowest BCUT2D eigenvalue weighted by molar-refractivity contribution is 1.38. The maximum absolute atomic E-state index is 5.12. The van der Waals surface area contributed by atoms with E-state index in [1.54, 1.807) is 0 Å². The van der Waals surface area contributed by atoms with Crippen molar-refractivity contribution >= 4 is 18.8 Å². The molecule has 0 aliphatic heterocycles. The van der Waals surface area contributed by atoms with Crippen molar-refractivity contribution in [3.63, 3.8) is 0 Å². The van der Waals surface area contributed by atoms with Gasteiger partial charge in [0.15, 0.2) is 0 Å². The van der Waals surface area contributed by atoms with Crippen LogP contribution >= 0.6 is 0 Å². The Balaban J connectivity index is 1.97. The molecule has 2 N–H and O–H groups in total. The fraction of sp³-hybridized carbons (Fsp3) is 1.00. The van der Waals surface area contributed by atoms with E-state index in [9.17, 15) is 0 Å². The third kappa shape index (κ3) is 2.39. The van der Waals surface area contributed by atoms with Crippen molar-refractivity contribution in [2.75, 3.05) is 6.17 Å². The molecule has 26 valence electrons. The van der Waals surface area contributed by atoms with Crippen molar-refractivity contribution in [3.8, 4) is 0 Å². The highest BCUT2D eigenvalue weighted by Crippen LogP contribution is 1.24. The van der Waals surface area contributed by atoms with Crippen LogP contribution in [0.3, 0.4) is 0 Å². The Bertz CT molecular complexity index is 8.00. The largest absolute Gasteiger partial charge is 0.334 e. The standard InChI is InChI=1S/CH9NSi2/c2-1-4-3/h1-2,4H2,3H3. The van der Waals surface area contributed by atoms with Gasteiger partial charge in [-0.15, -0.1) is 0 Å². The molecular weight excluding hydrogens is 82.2 g/mol. The number of nitrogens with two attached hydrogens (primary N) is 1. The number of hydrogen-bond donors (Lipinski definition) is 1. The SMILES string of the molecule is NC[SiH2][SiH3]. The second kappa shape index (κ2) is 3.39. The first-order valence-corrected chi connectivity index (χ1v) is 8.27. The molecule has 1 nitrogen and oxygen atoms in total. The van der Waals surface area contributed by atoms with Crippen LogP contribution in [0.4, 0.5) is 0 Å². The van der Waals surface area contributed by atoms with Gasteiger partial charge in [0.2, 0.25) is 0 Å². The van der Waals surface area contributed by atoms with Crippen molar-refractivity contribution in [3.05, 3.63) is 0 Å². The van der Waals surface area contributed by atoms with Crippen molar-refractivity contribution in [1.29, 1.82) is 0 Å². The van der Waals surface area contributed by atoms with E-state index in [4.69, 9.17) is 5.73 Å². The molecule has 4 heavy (non-hydrogen) atoms. The topological polar surface area (TPSA) is 26.0 Å². The van der Waals surface area contributed by atoms with Gasteiger partial charge in [-0.05, 0) is 15.9 Å². The zero-order valence-electron chi connectivity index (χ0n) is 2.99. The lowest BCUT2D eigenvalue weighted by atomic mass is 11.5. The van der Waals surface area contributed by atoms with Gasteiger partial charge in [-0.3, -0.25) is 0 Å². The molecule has 0 aromatic rings. The molecule has 0 aliphatic carbocycles. The Hall–Kier alpha value is 0.394. The van der Waals surface area contributed by atoms with E-state index in [1.807, 2.05) is 0 Å². The van der Waals surface area contributed by atoms with E-state index in [0.29, 0.717) is 9.04 Å². The summed E-state index contributed by atoms with van der Waals surface area (Å²) in [5.74, 6) is 0. The van der Waals surface area contributed by atoms with Gasteiger partial charge in [0, 0.05) is 9.04 Å². The molecule has 0 atom stereocenters. The fourth-order valence-electron chi connectivity index (χ4n) is 0. The predicted molar refractivity (Wildman–Crippen MR) is 27.5 cm³/mol. The summed E-state index contributed by atoms with van der Waals surface area (Å²) in [6.07, 6.45) is 1.02. The van der Waals surface area contributed by atoms with Gasteiger partial charge in [0.1, 0.15) is 0 Å². The maximum Gasteiger partial charge on any atom is 0.0207 e. The zero-order valence-corrected chi connectivity index (χ0v) is 6.41. The van der Waals surface area contributed by atoms with Crippen molar-refractivity contribution in [2.45, 2.75) is 0 Å². The maximum atomic E-state index is 5.12. The predicted octanol–water partition coefficient (Wildman–Crippen LogP) is -2.65. The number of hydrogen-bond acceptors (Lipinski definition) is 1. The van der Waals surface area contributed by atoms with Gasteiger partial charge in [-0.25, -0.2) is 0 Å². The second-order valence-electron chi connectivity index (χ2n) is 0.789. The Labute approximate surface area is 31.6 Å². The lowest BCUT2D eigenvalue weighted by Gasteiger charge is -1.68. The first-order valence-electron chi connectivity index (χ1n) is 1.62. The summed E-state index contributed by atoms with van der Waals surface area (Å²) in [6, 6.07) is 0. The normalized spacial score (nSPS) is 11.2. The Morgan fingerprint density at radius 3 is 2.25 bits per heavy atom. The summed E-state index contributed by atoms with van der Waals surface area (Å²) >= 11 is 0. The highest BCUT2D eigenvalue weighted by Gasteiger charge is 1.58. The molecule has 0 aromatic carbocycles. The van der Waals surface area contributed by atoms with Gasteiger partial charge >= 0.3 is 0 Å². The molecule has 0 aromatic heterocycles. The van der Waals surface area contributed by atoms with Crippen LogP contribution in [0.2, 0.25) is 0 Å². The van der Waals surface area contributed by atoms with Gasteiger partial charge in [-0.1, -0.05) is 0 Å². The molecule has 0 amide bonds. The quantitative estimate of drug-likeness (QED) is 0.351. The smallest absolute Gasteiger partial charge is 0.0207 e. The molecule has 0 saturated carbocycles. The first kappa shape index (κ1) is 4.39. The molecule has 0 rings (SSSR count). The summed E-state index contributed by atoms with van der Waals surface area (Å²) in [7, 11) is 1.74. The molecular formula is CH9NSi2. The van der Waals surface area contributed by atoms with Crippen LogP contribution in [0.25, 0.3) is 0 Å². The van der Waals surface area contributed by atoms with Gasteiger partial charge in [-0.2, -0.15) is 0 Å². The van der Waals surface area contributed by atoms with Gasteiger partial charge in [0.05, 0.1) is 0 Å². The van der Waals surface area contributed by atoms with E-state index < -0.39 is 0 Å². The molecule has 0 heterocycles. The minimum atomic E-state index is 0.341. The van der Waals surface area contributed by atoms with Crippen LogP contribution in [0.5, 0.6) is 0 Å². The van der Waals surface area contributed by atoms with Crippen LogP contribution in [-0.2, 0) is 0 Å². The Morgan fingerprint density at radius 1 is 2.00 bits per heavy atom. The molecule has 0 bridgehead atoms. The van der Waals surface area contributed by atoms with Crippen LogP contribution in [0.15, 0.2) is 0 Å². The summed E-state index contributed by atoms with van der Waals surface area (Å²) in [5.41, 5.74) is 5.12. The highest BCUT2D eigenvalue weighted by atomic mass is 29.1. The lowest BCUT2D eigenvalue weighted by Crippen LogP contribution is -2.07. The van der Waals surface area contributed by atoms with E-state index in [0.717, 1.165) is 6.17 Å². The van der Waals surface area contributed by atoms with E-state index >= 15 is 0 Å². The minimum Gasteiger partial charge on any atom is -0.334 e. The van der Waals surface area contributed by atoms with E-state index in [2.05, 4.69) is 0 Å². The monoisotopic (exact) mass is 91.0 g/mol. The molecule has 0 unspecified atom stereocenters. The highest BCUT2D eigenvalue weighted by molar-refractivity contribution is 6.89. The third-order valence-corrected chi connectivity index (χ3v) is 2.60. The zero-order chi connectivity index (χ0) is 3.41. The van der Waals surface area contributed by atoms with Crippen molar-refractivity contribution < 1.29 is 0 Å². The average molecular weight is 91.3 g/mol. The van der Waals surface area contributed by atoms with Crippen LogP contribution < -0.4 is 5.73 Å². The van der Waals surface area contributed by atoms with E-state index in [-0.39, 0.29) is 0 Å². The van der Waals surface area contributed by atoms with Crippen LogP contribution in [0.1, 0.15) is 0 Å². The third-order valence-electron chi connectivity index (χ3n) is 0.289. The van der Waals surface area contributed by atoms with Crippen LogP contribution in [0, 0.1) is 0 Å². The average Bonchev–Trinajstić information content (AvgIpc) is 1.37. The molecule has 0 fully saturated rings. The molecule has 0 radical (unpaired) electrons. The minimum absolute atomic E-state index is 0.341. The van der Waals surface area contributed by atoms with Crippen molar-refractivity contribution in [1.82, 2.24) is 0 Å². The van der Waals surface area contributed by atoms with Gasteiger partial charge in [0.25, 0.3) is 0 Å². The molecule has 0 saturated heterocycles. The van der Waals surface area contributed by atoms with Gasteiger partial charge < -0.3 is 5.73 Å². The Morgan fingerprint density at radius 2 is 2.25 bits per heavy atom. The Kier molecular flexibility index (Phi) is 3.73. The van der Waals surface area contributed by atoms with E-state index in [1.165, 1.54) is 9.76 Å². The van der Waals surface area contributed by atoms with Crippen molar-refractivity contribution in [2.24, 2.45) is 5.73 Å². The summed E-state index contributed by atoms with van der Waals surface area (Å²) in [5, 5.41) is 0. The summed E-state index contributed by atoms with van der Waals surface area (Å²) in [4.78, 5) is 0. The molecule has 0 spiro atoms. The fourth-order valence-corrected chi connectivity index (χ4v) is 0. The second-order valence-corrected chi connectivity index (χ2v) is 5.37. The van der Waals surface area contributed by atoms with Crippen LogP contribution in [-0.4, -0.2) is 25.0 Å². The first-order chi connectivity index (χ1) is 1.91. The molecule has 0 aliphatic rings. The molecule has 3 heteroatoms. The summed E-state index contributed by atoms with van der Waals surface area (Å²) < 4.78 is 0.